The average molecular weight is 862 g/mol. The quantitative estimate of drug-likeness (QED) is 0.176. The van der Waals surface area contributed by atoms with Gasteiger partial charge in [-0.1, -0.05) is 12.8 Å². The number of hydrogen-bond donors (Lipinski definition) is 26. The average Bonchev–Trinajstić information content (AvgIpc) is 2.83. The first-order valence-electron chi connectivity index (χ1n) is 10.9. The summed E-state index contributed by atoms with van der Waals surface area (Å²) in [6.07, 6.45) is -18.2. The molecule has 38 nitrogen and oxygen atoms in total. The van der Waals surface area contributed by atoms with Gasteiger partial charge in [-0.2, -0.15) is 0 Å². The van der Waals surface area contributed by atoms with Crippen LogP contribution in [0.4, 0.5) is 57.5 Å². The number of carbonyl (C=O) groups is 12. The molecule has 0 radical (unpaired) electrons. The van der Waals surface area contributed by atoms with Crippen molar-refractivity contribution in [1.29, 1.82) is 0 Å². The minimum Gasteiger partial charge on any atom is -0.450 e. The number of aliphatic hydroxyl groups is 2. The van der Waals surface area contributed by atoms with E-state index < -0.39 is 73.9 Å². The van der Waals surface area contributed by atoms with Gasteiger partial charge < -0.3 is 133 Å². The van der Waals surface area contributed by atoms with Gasteiger partial charge in [-0.05, 0) is 12.8 Å². The molecule has 0 saturated heterocycles. The first-order chi connectivity index (χ1) is 24.7. The van der Waals surface area contributed by atoms with Crippen LogP contribution in [-0.4, -0.2) is 220 Å². The first kappa shape index (κ1) is 86.1. The van der Waals surface area contributed by atoms with E-state index in [-0.39, 0.29) is 13.2 Å². The van der Waals surface area contributed by atoms with Gasteiger partial charge >= 0.3 is 73.9 Å². The lowest BCUT2D eigenvalue weighted by molar-refractivity contribution is 0.135. The molecule has 0 atom stereocenters. The maximum Gasteiger partial charge on any atom is 0.503 e. The molecule has 0 amide bonds. The van der Waals surface area contributed by atoms with Crippen molar-refractivity contribution in [3.05, 3.63) is 0 Å². The highest BCUT2D eigenvalue weighted by molar-refractivity contribution is 5.55. The van der Waals surface area contributed by atoms with Crippen LogP contribution >= 0.6 is 0 Å². The summed E-state index contributed by atoms with van der Waals surface area (Å²) in [4.78, 5) is 103. The topological polar surface area (TPSA) is 731 Å². The summed E-state index contributed by atoms with van der Waals surface area (Å²) in [5.74, 6) is 0. The predicted octanol–water partition coefficient (Wildman–Crippen LogP) is 3.20. The molecule has 338 valence electrons. The summed E-state index contributed by atoms with van der Waals surface area (Å²) in [6.45, 7) is 0.566. The Kier molecular flexibility index (Phi) is 132. The highest BCUT2D eigenvalue weighted by Crippen LogP contribution is 1.96. The van der Waals surface area contributed by atoms with Gasteiger partial charge in [0.25, 0.3) is 0 Å². The molecule has 0 fully saturated rings. The Balaban J connectivity index is -0.0000000328. The van der Waals surface area contributed by atoms with E-state index in [0.29, 0.717) is 0 Å². The molecule has 0 bridgehead atoms. The molecule has 38 heteroatoms. The van der Waals surface area contributed by atoms with E-state index in [1.54, 1.807) is 0 Å². The normalized spacial score (nSPS) is 6.54. The standard InChI is InChI=1S/C6H14O2.12CH2O3/c7-5-3-1-2-4-6-8;12*2-1(3)4/h7-8H,1-6H2;12*(H2,2,3,4). The predicted molar refractivity (Wildman–Crippen MR) is 160 cm³/mol. The van der Waals surface area contributed by atoms with Crippen LogP contribution in [-0.2, 0) is 0 Å². The Morgan fingerprint density at radius 3 is 0.268 bits per heavy atom. The van der Waals surface area contributed by atoms with Crippen LogP contribution in [0.3, 0.4) is 0 Å². The second-order valence-electron chi connectivity index (χ2n) is 5.25. The van der Waals surface area contributed by atoms with Crippen LogP contribution in [0.25, 0.3) is 0 Å². The molecule has 56 heavy (non-hydrogen) atoms. The molecule has 0 aromatic heterocycles. The van der Waals surface area contributed by atoms with Crippen LogP contribution in [0.2, 0.25) is 0 Å². The van der Waals surface area contributed by atoms with E-state index >= 15 is 0 Å². The first-order valence-corrected chi connectivity index (χ1v) is 10.9. The van der Waals surface area contributed by atoms with E-state index in [1.165, 1.54) is 0 Å². The molecular weight excluding hydrogens is 824 g/mol. The van der Waals surface area contributed by atoms with E-state index in [0.717, 1.165) is 25.7 Å². The van der Waals surface area contributed by atoms with Gasteiger partial charge in [0, 0.05) is 13.2 Å². The van der Waals surface area contributed by atoms with Crippen LogP contribution in [0.1, 0.15) is 25.7 Å². The molecule has 0 aromatic rings. The zero-order valence-corrected chi connectivity index (χ0v) is 26.8. The van der Waals surface area contributed by atoms with Crippen molar-refractivity contribution < 1.29 is 190 Å². The number of rotatable bonds is 5. The third-order valence-corrected chi connectivity index (χ3v) is 1.07. The molecule has 0 aliphatic rings. The van der Waals surface area contributed by atoms with Crippen molar-refractivity contribution in [2.45, 2.75) is 25.7 Å². The van der Waals surface area contributed by atoms with E-state index in [4.69, 9.17) is 190 Å². The molecule has 0 spiro atoms. The molecule has 0 aromatic carbocycles. The largest absolute Gasteiger partial charge is 0.503 e. The fourth-order valence-corrected chi connectivity index (χ4v) is 0.577. The summed E-state index contributed by atoms with van der Waals surface area (Å²) in [5.41, 5.74) is 0. The molecule has 26 N–H and O–H groups in total. The lowest BCUT2D eigenvalue weighted by Gasteiger charge is -1.93. The van der Waals surface area contributed by atoms with Crippen LogP contribution in [0, 0.1) is 0 Å². The van der Waals surface area contributed by atoms with Crippen LogP contribution < -0.4 is 0 Å². The van der Waals surface area contributed by atoms with Crippen molar-refractivity contribution in [3.63, 3.8) is 0 Å². The zero-order chi connectivity index (χ0) is 49.2. The van der Waals surface area contributed by atoms with E-state index in [9.17, 15) is 0 Å². The fraction of sp³-hybridized carbons (Fsp3) is 0.333. The van der Waals surface area contributed by atoms with Gasteiger partial charge in [0.15, 0.2) is 0 Å². The molecule has 0 aliphatic heterocycles. The maximum absolute atomic E-state index is 8.56. The number of hydrogen-bond acceptors (Lipinski definition) is 14. The number of unbranched alkanes of at least 4 members (excludes halogenated alkanes) is 3. The van der Waals surface area contributed by atoms with Crippen LogP contribution in [0.15, 0.2) is 0 Å². The SMILES string of the molecule is O=C(O)O.O=C(O)O.O=C(O)O.O=C(O)O.O=C(O)O.O=C(O)O.O=C(O)O.O=C(O)O.O=C(O)O.O=C(O)O.O=C(O)O.O=C(O)O.OCCCCCCO. The molecular formula is C18H38O38. The highest BCUT2D eigenvalue weighted by atomic mass is 16.6. The van der Waals surface area contributed by atoms with Gasteiger partial charge in [0.2, 0.25) is 0 Å². The van der Waals surface area contributed by atoms with E-state index in [2.05, 4.69) is 0 Å². The monoisotopic (exact) mass is 862 g/mol. The van der Waals surface area contributed by atoms with Crippen molar-refractivity contribution in [2.24, 2.45) is 0 Å². The minimum atomic E-state index is -1.83. The van der Waals surface area contributed by atoms with Gasteiger partial charge in [-0.3, -0.25) is 0 Å². The molecule has 0 unspecified atom stereocenters. The molecule has 0 rings (SSSR count). The Bertz CT molecular complexity index is 671. The Morgan fingerprint density at radius 1 is 0.179 bits per heavy atom. The summed E-state index contributed by atoms with van der Waals surface area (Å²) >= 11 is 0. The Morgan fingerprint density at radius 2 is 0.232 bits per heavy atom. The highest BCUT2D eigenvalue weighted by Gasteiger charge is 1.84. The Labute approximate surface area is 304 Å². The summed E-state index contributed by atoms with van der Waals surface area (Å²) in [6, 6.07) is 0. The molecule has 0 heterocycles. The number of carboxylic acid groups (broad SMARTS) is 24. The maximum atomic E-state index is 8.56. The Hall–Kier alpha value is -8.84. The number of aliphatic hydroxyl groups excluding tert-OH is 2. The smallest absolute Gasteiger partial charge is 0.450 e. The van der Waals surface area contributed by atoms with Crippen molar-refractivity contribution in [1.82, 2.24) is 0 Å². The van der Waals surface area contributed by atoms with Gasteiger partial charge in [0.1, 0.15) is 0 Å². The molecule has 0 saturated carbocycles. The summed E-state index contributed by atoms with van der Waals surface area (Å²) in [5, 5.41) is 184. The third kappa shape index (κ3) is 5970. The zero-order valence-electron chi connectivity index (χ0n) is 26.8. The van der Waals surface area contributed by atoms with Crippen molar-refractivity contribution in [3.8, 4) is 0 Å². The van der Waals surface area contributed by atoms with Crippen LogP contribution in [0.5, 0.6) is 0 Å². The van der Waals surface area contributed by atoms with Crippen molar-refractivity contribution in [2.75, 3.05) is 13.2 Å². The second-order valence-corrected chi connectivity index (χ2v) is 5.25. The van der Waals surface area contributed by atoms with Crippen molar-refractivity contribution >= 4 is 73.9 Å². The second kappa shape index (κ2) is 85.6. The van der Waals surface area contributed by atoms with Gasteiger partial charge in [0.05, 0.1) is 0 Å². The summed E-state index contributed by atoms with van der Waals surface area (Å²) in [7, 11) is 0. The minimum absolute atomic E-state index is 0.283. The summed E-state index contributed by atoms with van der Waals surface area (Å²) < 4.78 is 0. The lowest BCUT2D eigenvalue weighted by atomic mass is 10.2. The van der Waals surface area contributed by atoms with Gasteiger partial charge in [-0.15, -0.1) is 0 Å². The fourth-order valence-electron chi connectivity index (χ4n) is 0.577. The van der Waals surface area contributed by atoms with E-state index in [1.807, 2.05) is 0 Å². The lowest BCUT2D eigenvalue weighted by Crippen LogP contribution is -1.85. The molecule has 0 aliphatic carbocycles. The third-order valence-electron chi connectivity index (χ3n) is 1.07. The van der Waals surface area contributed by atoms with Gasteiger partial charge in [-0.25, -0.2) is 57.5 Å².